The molecule has 1 unspecified atom stereocenters. The highest BCUT2D eigenvalue weighted by Crippen LogP contribution is 2.61. The molecule has 1 aromatic rings. The molecule has 4 saturated carbocycles. The highest BCUT2D eigenvalue weighted by molar-refractivity contribution is 6.42. The molecule has 5 rings (SSSR count). The molecule has 1 nitrogen and oxygen atoms in total. The molecule has 4 aliphatic rings. The Labute approximate surface area is 137 Å². The van der Waals surface area contributed by atoms with Gasteiger partial charge in [0.25, 0.3) is 0 Å². The maximum atomic E-state index is 6.72. The number of hydrogen-bond donors (Lipinski definition) is 1. The maximum absolute atomic E-state index is 6.72. The van der Waals surface area contributed by atoms with E-state index in [2.05, 4.69) is 6.07 Å². The van der Waals surface area contributed by atoms with Crippen LogP contribution in [0.15, 0.2) is 18.2 Å². The minimum absolute atomic E-state index is 0.267. The molecule has 1 atom stereocenters. The second kappa shape index (κ2) is 5.15. The molecule has 4 aliphatic carbocycles. The van der Waals surface area contributed by atoms with Crippen LogP contribution < -0.4 is 5.73 Å². The van der Waals surface area contributed by atoms with Gasteiger partial charge in [0.05, 0.1) is 10.0 Å². The summed E-state index contributed by atoms with van der Waals surface area (Å²) < 4.78 is 0. The van der Waals surface area contributed by atoms with Gasteiger partial charge in [0.15, 0.2) is 0 Å². The Morgan fingerprint density at radius 2 is 1.57 bits per heavy atom. The van der Waals surface area contributed by atoms with Gasteiger partial charge in [0.1, 0.15) is 0 Å². The van der Waals surface area contributed by atoms with Crippen molar-refractivity contribution in [3.63, 3.8) is 0 Å². The summed E-state index contributed by atoms with van der Waals surface area (Å²) in [6.45, 7) is 0. The Balaban J connectivity index is 1.54. The highest BCUT2D eigenvalue weighted by Gasteiger charge is 2.53. The summed E-state index contributed by atoms with van der Waals surface area (Å²) in [5.41, 5.74) is 8.35. The summed E-state index contributed by atoms with van der Waals surface area (Å²) >= 11 is 12.2. The third-order valence-corrected chi connectivity index (χ3v) is 7.05. The highest BCUT2D eigenvalue weighted by atomic mass is 35.5. The first kappa shape index (κ1) is 14.4. The summed E-state index contributed by atoms with van der Waals surface area (Å²) in [6, 6.07) is 6.23. The van der Waals surface area contributed by atoms with Gasteiger partial charge in [-0.3, -0.25) is 0 Å². The Kier molecular flexibility index (Phi) is 3.52. The minimum Gasteiger partial charge on any atom is -0.327 e. The van der Waals surface area contributed by atoms with Crippen LogP contribution >= 0.6 is 23.2 Å². The van der Waals surface area contributed by atoms with E-state index in [4.69, 9.17) is 28.9 Å². The Hall–Kier alpha value is -0.240. The third kappa shape index (κ3) is 2.52. The van der Waals surface area contributed by atoms with E-state index >= 15 is 0 Å². The van der Waals surface area contributed by atoms with E-state index in [9.17, 15) is 0 Å². The van der Waals surface area contributed by atoms with E-state index in [1.54, 1.807) is 0 Å². The van der Waals surface area contributed by atoms with E-state index in [-0.39, 0.29) is 6.04 Å². The molecule has 0 amide bonds. The van der Waals surface area contributed by atoms with E-state index in [1.165, 1.54) is 44.1 Å². The van der Waals surface area contributed by atoms with Gasteiger partial charge in [0, 0.05) is 6.04 Å². The summed E-state index contributed by atoms with van der Waals surface area (Å²) in [4.78, 5) is 0. The zero-order valence-corrected chi connectivity index (χ0v) is 13.8. The minimum atomic E-state index is 0.267. The van der Waals surface area contributed by atoms with Gasteiger partial charge >= 0.3 is 0 Å². The maximum Gasteiger partial charge on any atom is 0.0595 e. The van der Waals surface area contributed by atoms with Gasteiger partial charge in [-0.2, -0.15) is 0 Å². The predicted octanol–water partition coefficient (Wildman–Crippen LogP) is 5.08. The van der Waals surface area contributed by atoms with Crippen molar-refractivity contribution in [2.75, 3.05) is 0 Å². The second-order valence-corrected chi connectivity index (χ2v) is 8.65. The monoisotopic (exact) mass is 323 g/mol. The standard InChI is InChI=1S/C18H23Cl2N/c19-15-2-1-11(6-16(15)20)7-17(21)18-8-12-3-13(9-18)5-14(4-12)10-18/h1-2,6,12-14,17H,3-5,7-10,21H2. The molecule has 4 bridgehead atoms. The van der Waals surface area contributed by atoms with Gasteiger partial charge in [-0.25, -0.2) is 0 Å². The number of halogens is 2. The van der Waals surface area contributed by atoms with Crippen LogP contribution in [0.25, 0.3) is 0 Å². The summed E-state index contributed by atoms with van der Waals surface area (Å²) in [5.74, 6) is 2.86. The van der Waals surface area contributed by atoms with Gasteiger partial charge in [0.2, 0.25) is 0 Å². The Bertz CT molecular complexity index is 519. The molecule has 0 spiro atoms. The molecule has 0 heterocycles. The molecule has 2 N–H and O–H groups in total. The number of hydrogen-bond acceptors (Lipinski definition) is 1. The second-order valence-electron chi connectivity index (χ2n) is 7.84. The van der Waals surface area contributed by atoms with E-state index in [0.29, 0.717) is 15.5 Å². The van der Waals surface area contributed by atoms with Crippen LogP contribution in [0.1, 0.15) is 44.1 Å². The molecule has 4 fully saturated rings. The molecular weight excluding hydrogens is 301 g/mol. The van der Waals surface area contributed by atoms with Crippen molar-refractivity contribution in [1.82, 2.24) is 0 Å². The van der Waals surface area contributed by atoms with Crippen molar-refractivity contribution in [3.05, 3.63) is 33.8 Å². The zero-order valence-electron chi connectivity index (χ0n) is 12.3. The number of rotatable bonds is 3. The molecular formula is C18H23Cl2N. The van der Waals surface area contributed by atoms with E-state index in [0.717, 1.165) is 24.2 Å². The average molecular weight is 324 g/mol. The lowest BCUT2D eigenvalue weighted by molar-refractivity contribution is -0.0667. The fourth-order valence-corrected chi connectivity index (χ4v) is 6.09. The largest absolute Gasteiger partial charge is 0.327 e. The lowest BCUT2D eigenvalue weighted by atomic mass is 9.47. The fraction of sp³-hybridized carbons (Fsp3) is 0.667. The lowest BCUT2D eigenvalue weighted by Gasteiger charge is -2.59. The summed E-state index contributed by atoms with van der Waals surface area (Å²) in [5, 5.41) is 1.27. The first-order valence-electron chi connectivity index (χ1n) is 8.23. The Morgan fingerprint density at radius 3 is 2.10 bits per heavy atom. The fourth-order valence-electron chi connectivity index (χ4n) is 5.77. The van der Waals surface area contributed by atoms with Gasteiger partial charge < -0.3 is 5.73 Å². The normalized spacial score (nSPS) is 38.7. The van der Waals surface area contributed by atoms with Crippen molar-refractivity contribution < 1.29 is 0 Å². The van der Waals surface area contributed by atoms with Crippen molar-refractivity contribution >= 4 is 23.2 Å². The topological polar surface area (TPSA) is 26.0 Å². The van der Waals surface area contributed by atoms with Crippen molar-refractivity contribution in [3.8, 4) is 0 Å². The first-order chi connectivity index (χ1) is 10.0. The van der Waals surface area contributed by atoms with Crippen LogP contribution in [0.2, 0.25) is 10.0 Å². The molecule has 0 radical (unpaired) electrons. The van der Waals surface area contributed by atoms with E-state index < -0.39 is 0 Å². The van der Waals surface area contributed by atoms with Crippen molar-refractivity contribution in [2.45, 2.75) is 51.0 Å². The number of nitrogens with two attached hydrogens (primary N) is 1. The molecule has 0 aromatic heterocycles. The molecule has 114 valence electrons. The van der Waals surface area contributed by atoms with Crippen LogP contribution in [0.3, 0.4) is 0 Å². The summed E-state index contributed by atoms with van der Waals surface area (Å²) in [7, 11) is 0. The summed E-state index contributed by atoms with van der Waals surface area (Å²) in [6.07, 6.45) is 9.43. The van der Waals surface area contributed by atoms with Crippen LogP contribution in [0.4, 0.5) is 0 Å². The quantitative estimate of drug-likeness (QED) is 0.824. The lowest BCUT2D eigenvalue weighted by Crippen LogP contribution is -2.55. The van der Waals surface area contributed by atoms with E-state index in [1.807, 2.05) is 12.1 Å². The molecule has 0 saturated heterocycles. The Morgan fingerprint density at radius 1 is 1.00 bits per heavy atom. The molecule has 1 aromatic carbocycles. The van der Waals surface area contributed by atoms with Gasteiger partial charge in [-0.1, -0.05) is 29.3 Å². The van der Waals surface area contributed by atoms with Crippen LogP contribution in [-0.4, -0.2) is 6.04 Å². The van der Waals surface area contributed by atoms with Crippen molar-refractivity contribution in [2.24, 2.45) is 28.9 Å². The predicted molar refractivity (Wildman–Crippen MR) is 88.7 cm³/mol. The third-order valence-electron chi connectivity index (χ3n) is 6.31. The van der Waals surface area contributed by atoms with Crippen LogP contribution in [0, 0.1) is 23.2 Å². The van der Waals surface area contributed by atoms with Gasteiger partial charge in [-0.05, 0) is 85.8 Å². The van der Waals surface area contributed by atoms with Gasteiger partial charge in [-0.15, -0.1) is 0 Å². The SMILES string of the molecule is NC(Cc1ccc(Cl)c(Cl)c1)C12CC3CC(CC(C3)C1)C2. The number of benzene rings is 1. The molecule has 3 heteroatoms. The zero-order chi connectivity index (χ0) is 14.6. The molecule has 0 aliphatic heterocycles. The first-order valence-corrected chi connectivity index (χ1v) is 8.99. The smallest absolute Gasteiger partial charge is 0.0595 e. The average Bonchev–Trinajstić information content (AvgIpc) is 2.41. The van der Waals surface area contributed by atoms with Crippen LogP contribution in [-0.2, 0) is 6.42 Å². The molecule has 21 heavy (non-hydrogen) atoms. The van der Waals surface area contributed by atoms with Crippen molar-refractivity contribution in [1.29, 1.82) is 0 Å². The van der Waals surface area contributed by atoms with Crippen LogP contribution in [0.5, 0.6) is 0 Å².